The van der Waals surface area contributed by atoms with E-state index in [-0.39, 0.29) is 47.4 Å². The van der Waals surface area contributed by atoms with Crippen molar-refractivity contribution >= 4 is 17.8 Å². The van der Waals surface area contributed by atoms with Crippen LogP contribution < -0.4 is 5.32 Å². The van der Waals surface area contributed by atoms with Gasteiger partial charge in [0.1, 0.15) is 18.2 Å². The van der Waals surface area contributed by atoms with Crippen molar-refractivity contribution in [2.24, 2.45) is 16.7 Å². The first-order chi connectivity index (χ1) is 16.4. The molecule has 5 atom stereocenters. The maximum absolute atomic E-state index is 13.1. The molecule has 3 unspecified atom stereocenters. The van der Waals surface area contributed by atoms with Gasteiger partial charge in [0.05, 0.1) is 6.54 Å². The van der Waals surface area contributed by atoms with Crippen molar-refractivity contribution in [1.82, 2.24) is 10.2 Å². The number of phenols is 2. The lowest BCUT2D eigenvalue weighted by molar-refractivity contribution is -0.164. The normalized spacial score (nSPS) is 29.7. The predicted molar refractivity (Wildman–Crippen MR) is 126 cm³/mol. The molecular weight excluding hydrogens is 452 g/mol. The molecule has 0 spiro atoms. The van der Waals surface area contributed by atoms with Gasteiger partial charge in [-0.3, -0.25) is 9.59 Å². The fraction of sp³-hybridized carbons (Fsp3) is 0.654. The summed E-state index contributed by atoms with van der Waals surface area (Å²) in [5.41, 5.74) is 0.515. The van der Waals surface area contributed by atoms with Gasteiger partial charge in [0.2, 0.25) is 11.8 Å². The zero-order valence-corrected chi connectivity index (χ0v) is 20.6. The van der Waals surface area contributed by atoms with Crippen LogP contribution in [0.4, 0.5) is 0 Å². The molecule has 2 bridgehead atoms. The van der Waals surface area contributed by atoms with Crippen molar-refractivity contribution < 1.29 is 34.4 Å². The number of carbonyl (C=O) groups excluding carboxylic acids is 3. The van der Waals surface area contributed by atoms with E-state index < -0.39 is 24.0 Å². The van der Waals surface area contributed by atoms with Gasteiger partial charge in [-0.15, -0.1) is 0 Å². The molecule has 35 heavy (non-hydrogen) atoms. The van der Waals surface area contributed by atoms with Crippen LogP contribution in [0.3, 0.4) is 0 Å². The summed E-state index contributed by atoms with van der Waals surface area (Å²) in [5, 5.41) is 31.5. The number of nitrogens with zero attached hydrogens (tertiary/aromatic N) is 1. The van der Waals surface area contributed by atoms with Gasteiger partial charge >= 0.3 is 5.97 Å². The number of phenolic OH excluding ortho intramolecular Hbond substituents is 2. The van der Waals surface area contributed by atoms with Gasteiger partial charge in [-0.25, -0.2) is 4.79 Å². The molecule has 9 heteroatoms. The number of hydrogen-bond donors (Lipinski definition) is 4. The molecule has 0 aromatic heterocycles. The molecule has 1 aromatic carbocycles. The SMILES string of the molecule is CC1(C)C2CCC1(C)C(OC(=O)[C@@H]1CCCN1C(=O)CNC(=O)[C@H](O)Cc1ccc(O)c(O)c1)C2. The summed E-state index contributed by atoms with van der Waals surface area (Å²) in [6.07, 6.45) is 2.60. The Bertz CT molecular complexity index is 1010. The Kier molecular flexibility index (Phi) is 6.74. The number of ether oxygens (including phenoxy) is 1. The van der Waals surface area contributed by atoms with Gasteiger partial charge < -0.3 is 30.3 Å². The summed E-state index contributed by atoms with van der Waals surface area (Å²) < 4.78 is 6.00. The molecule has 3 fully saturated rings. The highest BCUT2D eigenvalue weighted by Crippen LogP contribution is 2.66. The van der Waals surface area contributed by atoms with Gasteiger partial charge in [0, 0.05) is 18.4 Å². The highest BCUT2D eigenvalue weighted by atomic mass is 16.5. The third-order valence-electron chi connectivity index (χ3n) is 9.00. The maximum Gasteiger partial charge on any atom is 0.329 e. The Morgan fingerprint density at radius 1 is 1.17 bits per heavy atom. The van der Waals surface area contributed by atoms with Gasteiger partial charge in [0.25, 0.3) is 0 Å². The van der Waals surface area contributed by atoms with Gasteiger partial charge in [-0.1, -0.05) is 26.8 Å². The third kappa shape index (κ3) is 4.58. The lowest BCUT2D eigenvalue weighted by Gasteiger charge is -2.39. The summed E-state index contributed by atoms with van der Waals surface area (Å²) in [6.45, 7) is 6.79. The lowest BCUT2D eigenvalue weighted by atomic mass is 9.70. The average molecular weight is 489 g/mol. The first-order valence-electron chi connectivity index (χ1n) is 12.4. The Hall–Kier alpha value is -2.81. The van der Waals surface area contributed by atoms with Crippen LogP contribution in [0.1, 0.15) is 58.4 Å². The standard InChI is InChI=1S/C26H36N2O7/c1-25(2)16-8-9-26(25,3)21(13-16)35-24(34)17-5-4-10-28(17)22(32)14-27-23(33)20(31)12-15-6-7-18(29)19(30)11-15/h6-7,11,16-17,20-21,29-31H,4-5,8-10,12-14H2,1-3H3,(H,27,33)/t16?,17-,20+,21?,26?/m0/s1. The fourth-order valence-corrected chi connectivity index (χ4v) is 6.23. The van der Waals surface area contributed by atoms with Gasteiger partial charge in [-0.05, 0) is 61.1 Å². The van der Waals surface area contributed by atoms with Crippen LogP contribution in [-0.2, 0) is 25.5 Å². The Morgan fingerprint density at radius 3 is 2.54 bits per heavy atom. The molecule has 1 aromatic rings. The number of aliphatic hydroxyl groups excluding tert-OH is 1. The maximum atomic E-state index is 13.1. The average Bonchev–Trinajstić information content (AvgIpc) is 3.43. The van der Waals surface area contributed by atoms with Crippen LogP contribution in [0, 0.1) is 16.7 Å². The predicted octanol–water partition coefficient (Wildman–Crippen LogP) is 1.87. The van der Waals surface area contributed by atoms with E-state index >= 15 is 0 Å². The van der Waals surface area contributed by atoms with E-state index in [4.69, 9.17) is 4.74 Å². The van der Waals surface area contributed by atoms with Crippen LogP contribution in [0.25, 0.3) is 0 Å². The van der Waals surface area contributed by atoms with E-state index in [1.807, 2.05) is 0 Å². The second-order valence-corrected chi connectivity index (χ2v) is 11.0. The molecule has 192 valence electrons. The molecule has 1 saturated heterocycles. The van der Waals surface area contributed by atoms with Crippen LogP contribution in [0.5, 0.6) is 11.5 Å². The minimum atomic E-state index is -1.44. The van der Waals surface area contributed by atoms with Crippen molar-refractivity contribution in [1.29, 1.82) is 0 Å². The Morgan fingerprint density at radius 2 is 1.91 bits per heavy atom. The largest absolute Gasteiger partial charge is 0.504 e. The van der Waals surface area contributed by atoms with Crippen molar-refractivity contribution in [3.8, 4) is 11.5 Å². The zero-order valence-electron chi connectivity index (χ0n) is 20.6. The molecular formula is C26H36N2O7. The number of hydrogen-bond acceptors (Lipinski definition) is 7. The molecule has 1 heterocycles. The van der Waals surface area contributed by atoms with E-state index in [0.717, 1.165) is 19.3 Å². The number of amides is 2. The Balaban J connectivity index is 1.29. The topological polar surface area (TPSA) is 136 Å². The molecule has 9 nitrogen and oxygen atoms in total. The van der Waals surface area contributed by atoms with E-state index in [2.05, 4.69) is 26.1 Å². The van der Waals surface area contributed by atoms with Crippen LogP contribution >= 0.6 is 0 Å². The smallest absolute Gasteiger partial charge is 0.329 e. The highest BCUT2D eigenvalue weighted by molar-refractivity contribution is 5.90. The molecule has 4 rings (SSSR count). The van der Waals surface area contributed by atoms with Crippen LogP contribution in [-0.4, -0.2) is 69.3 Å². The Labute approximate surface area is 205 Å². The monoisotopic (exact) mass is 488 g/mol. The molecule has 3 aliphatic rings. The van der Waals surface area contributed by atoms with E-state index in [1.54, 1.807) is 0 Å². The van der Waals surface area contributed by atoms with Crippen molar-refractivity contribution in [3.63, 3.8) is 0 Å². The molecule has 2 amide bonds. The fourth-order valence-electron chi connectivity index (χ4n) is 6.23. The second kappa shape index (κ2) is 9.33. The molecule has 1 aliphatic heterocycles. The number of benzene rings is 1. The van der Waals surface area contributed by atoms with Gasteiger partial charge in [0.15, 0.2) is 11.5 Å². The summed E-state index contributed by atoms with van der Waals surface area (Å²) in [5.74, 6) is -1.61. The quantitative estimate of drug-likeness (QED) is 0.340. The van der Waals surface area contributed by atoms with Crippen molar-refractivity contribution in [3.05, 3.63) is 23.8 Å². The first kappa shape index (κ1) is 25.3. The number of likely N-dealkylation sites (tertiary alicyclic amines) is 1. The first-order valence-corrected chi connectivity index (χ1v) is 12.4. The van der Waals surface area contributed by atoms with Crippen molar-refractivity contribution in [2.45, 2.75) is 77.5 Å². The number of nitrogens with one attached hydrogen (secondary N) is 1. The molecule has 2 aliphatic carbocycles. The summed E-state index contributed by atoms with van der Waals surface area (Å²) in [7, 11) is 0. The van der Waals surface area contributed by atoms with Crippen LogP contribution in [0.15, 0.2) is 18.2 Å². The number of aromatic hydroxyl groups is 2. The minimum Gasteiger partial charge on any atom is -0.504 e. The molecule has 4 N–H and O–H groups in total. The summed E-state index contributed by atoms with van der Waals surface area (Å²) >= 11 is 0. The number of carbonyl (C=O) groups is 3. The zero-order chi connectivity index (χ0) is 25.5. The molecule has 2 saturated carbocycles. The number of rotatable bonds is 7. The van der Waals surface area contributed by atoms with E-state index in [9.17, 15) is 29.7 Å². The van der Waals surface area contributed by atoms with Crippen molar-refractivity contribution in [2.75, 3.05) is 13.1 Å². The summed E-state index contributed by atoms with van der Waals surface area (Å²) in [4.78, 5) is 39.6. The van der Waals surface area contributed by atoms with E-state index in [0.29, 0.717) is 30.9 Å². The number of aliphatic hydroxyl groups is 1. The third-order valence-corrected chi connectivity index (χ3v) is 9.00. The second-order valence-electron chi connectivity index (χ2n) is 11.0. The number of fused-ring (bicyclic) bond motifs is 2. The highest BCUT2D eigenvalue weighted by Gasteiger charge is 2.63. The number of esters is 1. The van der Waals surface area contributed by atoms with E-state index in [1.165, 1.54) is 23.1 Å². The lowest BCUT2D eigenvalue weighted by Crippen LogP contribution is -2.49. The molecule has 0 radical (unpaired) electrons. The minimum absolute atomic E-state index is 0.0564. The van der Waals surface area contributed by atoms with Crippen LogP contribution in [0.2, 0.25) is 0 Å². The summed E-state index contributed by atoms with van der Waals surface area (Å²) in [6, 6.07) is 3.35. The van der Waals surface area contributed by atoms with Gasteiger partial charge in [-0.2, -0.15) is 0 Å².